The number of anilines is 1. The predicted octanol–water partition coefficient (Wildman–Crippen LogP) is -0.889. The molecule has 0 saturated carbocycles. The summed E-state index contributed by atoms with van der Waals surface area (Å²) in [6.07, 6.45) is 3.54. The van der Waals surface area contributed by atoms with Gasteiger partial charge in [-0.1, -0.05) is 0 Å². The quantitative estimate of drug-likeness (QED) is 0.769. The second-order valence-electron chi connectivity index (χ2n) is 4.53. The molecule has 1 aromatic rings. The summed E-state index contributed by atoms with van der Waals surface area (Å²) in [4.78, 5) is 13.4. The van der Waals surface area contributed by atoms with Crippen LogP contribution in [0.2, 0.25) is 0 Å². The molecular formula is C10H16N4O3S. The standard InChI is InChI=1S/C10H16N4O3S/c1-13(9-2-3-18(16,17)7-9)10(15)6-14-5-8(11)4-12-14/h4-5,9H,2-3,6-7,11H2,1H3. The van der Waals surface area contributed by atoms with E-state index < -0.39 is 9.84 Å². The van der Waals surface area contributed by atoms with Crippen LogP contribution in [0, 0.1) is 0 Å². The first-order chi connectivity index (χ1) is 8.37. The van der Waals surface area contributed by atoms with Crippen LogP contribution >= 0.6 is 0 Å². The molecule has 1 aromatic heterocycles. The topological polar surface area (TPSA) is 98.3 Å². The minimum atomic E-state index is -2.98. The summed E-state index contributed by atoms with van der Waals surface area (Å²) in [5.41, 5.74) is 5.99. The number of sulfone groups is 1. The fourth-order valence-electron chi connectivity index (χ4n) is 2.00. The largest absolute Gasteiger partial charge is 0.396 e. The van der Waals surface area contributed by atoms with Crippen molar-refractivity contribution in [2.45, 2.75) is 19.0 Å². The first-order valence-electron chi connectivity index (χ1n) is 5.61. The van der Waals surface area contributed by atoms with Gasteiger partial charge in [-0.2, -0.15) is 5.10 Å². The molecule has 2 N–H and O–H groups in total. The van der Waals surface area contributed by atoms with Gasteiger partial charge in [0.1, 0.15) is 6.54 Å². The molecule has 7 nitrogen and oxygen atoms in total. The van der Waals surface area contributed by atoms with Gasteiger partial charge in [0, 0.05) is 19.3 Å². The molecule has 1 aliphatic heterocycles. The zero-order valence-corrected chi connectivity index (χ0v) is 10.9. The smallest absolute Gasteiger partial charge is 0.244 e. The van der Waals surface area contributed by atoms with E-state index in [9.17, 15) is 13.2 Å². The van der Waals surface area contributed by atoms with Crippen LogP contribution in [0.4, 0.5) is 5.69 Å². The second-order valence-corrected chi connectivity index (χ2v) is 6.76. The Morgan fingerprint density at radius 2 is 2.39 bits per heavy atom. The predicted molar refractivity (Wildman–Crippen MR) is 66.5 cm³/mol. The van der Waals surface area contributed by atoms with Crippen molar-refractivity contribution in [3.8, 4) is 0 Å². The molecule has 18 heavy (non-hydrogen) atoms. The van der Waals surface area contributed by atoms with Crippen LogP contribution in [-0.2, 0) is 21.2 Å². The Bertz CT molecular complexity index is 551. The normalized spacial score (nSPS) is 21.9. The van der Waals surface area contributed by atoms with Gasteiger partial charge in [0.05, 0.1) is 23.4 Å². The number of nitrogens with two attached hydrogens (primary N) is 1. The van der Waals surface area contributed by atoms with Crippen molar-refractivity contribution in [2.75, 3.05) is 24.3 Å². The number of carbonyl (C=O) groups is 1. The average molecular weight is 272 g/mol. The Morgan fingerprint density at radius 3 is 2.89 bits per heavy atom. The molecule has 0 radical (unpaired) electrons. The van der Waals surface area contributed by atoms with E-state index in [-0.39, 0.29) is 30.0 Å². The van der Waals surface area contributed by atoms with Crippen LogP contribution in [0.5, 0.6) is 0 Å². The van der Waals surface area contributed by atoms with Crippen molar-refractivity contribution in [1.82, 2.24) is 14.7 Å². The van der Waals surface area contributed by atoms with E-state index in [1.165, 1.54) is 15.8 Å². The van der Waals surface area contributed by atoms with Crippen molar-refractivity contribution in [1.29, 1.82) is 0 Å². The number of amides is 1. The van der Waals surface area contributed by atoms with E-state index in [4.69, 9.17) is 5.73 Å². The molecule has 8 heteroatoms. The van der Waals surface area contributed by atoms with Crippen molar-refractivity contribution in [3.63, 3.8) is 0 Å². The van der Waals surface area contributed by atoms with E-state index in [0.29, 0.717) is 12.1 Å². The number of hydrogen-bond acceptors (Lipinski definition) is 5. The number of aromatic nitrogens is 2. The van der Waals surface area contributed by atoms with Gasteiger partial charge in [0.25, 0.3) is 0 Å². The highest BCUT2D eigenvalue weighted by atomic mass is 32.2. The number of nitrogen functional groups attached to an aromatic ring is 1. The van der Waals surface area contributed by atoms with Gasteiger partial charge in [0.15, 0.2) is 9.84 Å². The average Bonchev–Trinajstić information content (AvgIpc) is 2.83. The van der Waals surface area contributed by atoms with Crippen LogP contribution in [0.15, 0.2) is 12.4 Å². The minimum absolute atomic E-state index is 0.0521. The Hall–Kier alpha value is -1.57. The lowest BCUT2D eigenvalue weighted by atomic mass is 10.2. The second kappa shape index (κ2) is 4.60. The lowest BCUT2D eigenvalue weighted by Crippen LogP contribution is -2.39. The molecule has 1 amide bonds. The maximum absolute atomic E-state index is 11.9. The van der Waals surface area contributed by atoms with Gasteiger partial charge in [-0.3, -0.25) is 9.48 Å². The molecule has 1 aliphatic rings. The van der Waals surface area contributed by atoms with Crippen molar-refractivity contribution < 1.29 is 13.2 Å². The molecule has 0 bridgehead atoms. The Kier molecular flexibility index (Phi) is 3.29. The summed E-state index contributed by atoms with van der Waals surface area (Å²) in [5.74, 6) is 0.0423. The Balaban J connectivity index is 1.97. The molecule has 2 rings (SSSR count). The van der Waals surface area contributed by atoms with Gasteiger partial charge in [-0.15, -0.1) is 0 Å². The summed E-state index contributed by atoms with van der Waals surface area (Å²) >= 11 is 0. The van der Waals surface area contributed by atoms with Crippen LogP contribution in [0.25, 0.3) is 0 Å². The summed E-state index contributed by atoms with van der Waals surface area (Å²) in [7, 11) is -1.35. The number of carbonyl (C=O) groups excluding carboxylic acids is 1. The summed E-state index contributed by atoms with van der Waals surface area (Å²) < 4.78 is 24.2. The third kappa shape index (κ3) is 2.81. The molecule has 2 heterocycles. The molecule has 0 aliphatic carbocycles. The fourth-order valence-corrected chi connectivity index (χ4v) is 3.78. The Morgan fingerprint density at radius 1 is 1.67 bits per heavy atom. The highest BCUT2D eigenvalue weighted by molar-refractivity contribution is 7.91. The molecule has 1 unspecified atom stereocenters. The monoisotopic (exact) mass is 272 g/mol. The van der Waals surface area contributed by atoms with Gasteiger partial charge in [-0.05, 0) is 6.42 Å². The van der Waals surface area contributed by atoms with Crippen LogP contribution in [0.1, 0.15) is 6.42 Å². The van der Waals surface area contributed by atoms with Crippen LogP contribution in [0.3, 0.4) is 0 Å². The summed E-state index contributed by atoms with van der Waals surface area (Å²) in [5, 5.41) is 3.92. The molecule has 1 saturated heterocycles. The first-order valence-corrected chi connectivity index (χ1v) is 7.43. The lowest BCUT2D eigenvalue weighted by molar-refractivity contribution is -0.132. The van der Waals surface area contributed by atoms with Gasteiger partial charge in [0.2, 0.25) is 5.91 Å². The third-order valence-electron chi connectivity index (χ3n) is 3.10. The highest BCUT2D eigenvalue weighted by Crippen LogP contribution is 2.16. The zero-order valence-electron chi connectivity index (χ0n) is 10.1. The van der Waals surface area contributed by atoms with Crippen molar-refractivity contribution in [2.24, 2.45) is 0 Å². The van der Waals surface area contributed by atoms with Crippen LogP contribution in [-0.4, -0.2) is 53.6 Å². The van der Waals surface area contributed by atoms with E-state index in [2.05, 4.69) is 5.10 Å². The molecule has 0 aromatic carbocycles. The highest BCUT2D eigenvalue weighted by Gasteiger charge is 2.32. The molecule has 0 spiro atoms. The molecule has 1 atom stereocenters. The number of hydrogen-bond donors (Lipinski definition) is 1. The number of likely N-dealkylation sites (N-methyl/N-ethyl adjacent to an activating group) is 1. The van der Waals surface area contributed by atoms with Gasteiger partial charge in [-0.25, -0.2) is 8.42 Å². The summed E-state index contributed by atoms with van der Waals surface area (Å²) in [6, 6.07) is -0.226. The van der Waals surface area contributed by atoms with Crippen molar-refractivity contribution in [3.05, 3.63) is 12.4 Å². The fraction of sp³-hybridized carbons (Fsp3) is 0.600. The molecule has 100 valence electrons. The maximum Gasteiger partial charge on any atom is 0.244 e. The molecular weight excluding hydrogens is 256 g/mol. The van der Waals surface area contributed by atoms with Gasteiger partial charge >= 0.3 is 0 Å². The van der Waals surface area contributed by atoms with E-state index in [0.717, 1.165) is 0 Å². The van der Waals surface area contributed by atoms with E-state index >= 15 is 0 Å². The van der Waals surface area contributed by atoms with E-state index in [1.54, 1.807) is 13.2 Å². The molecule has 1 fully saturated rings. The first kappa shape index (κ1) is 12.9. The maximum atomic E-state index is 11.9. The SMILES string of the molecule is CN(C(=O)Cn1cc(N)cn1)C1CCS(=O)(=O)C1. The van der Waals surface area contributed by atoms with Crippen LogP contribution < -0.4 is 5.73 Å². The zero-order chi connectivity index (χ0) is 13.3. The summed E-state index contributed by atoms with van der Waals surface area (Å²) in [6.45, 7) is 0.0737. The van der Waals surface area contributed by atoms with Crippen molar-refractivity contribution >= 4 is 21.4 Å². The third-order valence-corrected chi connectivity index (χ3v) is 4.85. The number of nitrogens with zero attached hydrogens (tertiary/aromatic N) is 3. The lowest BCUT2D eigenvalue weighted by Gasteiger charge is -2.23. The number of rotatable bonds is 3. The van der Waals surface area contributed by atoms with E-state index in [1.807, 2.05) is 0 Å². The Labute approximate surface area is 105 Å². The van der Waals surface area contributed by atoms with Gasteiger partial charge < -0.3 is 10.6 Å². The minimum Gasteiger partial charge on any atom is -0.396 e.